The molecule has 23 heavy (non-hydrogen) atoms. The van der Waals surface area contributed by atoms with Gasteiger partial charge >= 0.3 is 0 Å². The Hall–Kier alpha value is -0.880. The summed E-state index contributed by atoms with van der Waals surface area (Å²) in [5, 5.41) is 4.08. The van der Waals surface area contributed by atoms with Crippen LogP contribution in [0, 0.1) is 5.92 Å². The minimum Gasteiger partial charge on any atom is -0.356 e. The number of carbonyl (C=O) groups is 1. The third kappa shape index (κ3) is 7.48. The van der Waals surface area contributed by atoms with Crippen LogP contribution in [-0.2, 0) is 11.2 Å². The Morgan fingerprint density at radius 3 is 2.74 bits per heavy atom. The molecule has 4 nitrogen and oxygen atoms in total. The highest BCUT2D eigenvalue weighted by atomic mass is 35.5. The number of nitrogens with zero attached hydrogens (tertiary/aromatic N) is 1. The fraction of sp³-hybridized carbons (Fsp3) is 0.500. The number of thiazole rings is 1. The summed E-state index contributed by atoms with van der Waals surface area (Å²) in [6.45, 7) is 3.32. The van der Waals surface area contributed by atoms with Crippen molar-refractivity contribution in [3.63, 3.8) is 0 Å². The number of para-hydroxylation sites is 1. The number of rotatable bonds is 8. The molecule has 130 valence electrons. The predicted octanol–water partition coefficient (Wildman–Crippen LogP) is 3.56. The zero-order valence-corrected chi connectivity index (χ0v) is 15.7. The highest BCUT2D eigenvalue weighted by Crippen LogP contribution is 2.22. The molecule has 0 saturated heterocycles. The van der Waals surface area contributed by atoms with Gasteiger partial charge in [0.2, 0.25) is 5.91 Å². The van der Waals surface area contributed by atoms with Crippen molar-refractivity contribution in [1.29, 1.82) is 0 Å². The van der Waals surface area contributed by atoms with Crippen molar-refractivity contribution in [2.75, 3.05) is 13.1 Å². The maximum absolute atomic E-state index is 11.7. The number of halogens is 2. The number of carbonyl (C=O) groups excluding carboxylic acids is 1. The summed E-state index contributed by atoms with van der Waals surface area (Å²) in [6.07, 6.45) is 3.44. The number of amides is 1. The number of hydrogen-bond acceptors (Lipinski definition) is 4. The van der Waals surface area contributed by atoms with Crippen LogP contribution in [0.5, 0.6) is 0 Å². The Balaban J connectivity index is 0.00000242. The molecular formula is C16H25Cl2N3OS. The molecule has 0 saturated carbocycles. The molecule has 1 heterocycles. The van der Waals surface area contributed by atoms with Gasteiger partial charge in [-0.2, -0.15) is 0 Å². The smallest absolute Gasteiger partial charge is 0.220 e. The first-order valence-electron chi connectivity index (χ1n) is 7.50. The van der Waals surface area contributed by atoms with Gasteiger partial charge in [0.05, 0.1) is 15.2 Å². The maximum Gasteiger partial charge on any atom is 0.220 e. The average Bonchev–Trinajstić information content (AvgIpc) is 2.91. The third-order valence-corrected chi connectivity index (χ3v) is 4.53. The van der Waals surface area contributed by atoms with E-state index in [1.54, 1.807) is 11.3 Å². The second kappa shape index (κ2) is 11.6. The summed E-state index contributed by atoms with van der Waals surface area (Å²) in [5.41, 5.74) is 6.59. The van der Waals surface area contributed by atoms with Gasteiger partial charge in [0.25, 0.3) is 0 Å². The summed E-state index contributed by atoms with van der Waals surface area (Å²) < 4.78 is 1.24. The Morgan fingerprint density at radius 1 is 1.30 bits per heavy atom. The molecule has 3 N–H and O–H groups in total. The summed E-state index contributed by atoms with van der Waals surface area (Å²) in [4.78, 5) is 16.3. The van der Waals surface area contributed by atoms with Crippen molar-refractivity contribution in [2.24, 2.45) is 11.7 Å². The minimum atomic E-state index is 0. The van der Waals surface area contributed by atoms with Crippen LogP contribution in [0.1, 0.15) is 31.2 Å². The highest BCUT2D eigenvalue weighted by Gasteiger charge is 2.06. The first-order valence-corrected chi connectivity index (χ1v) is 8.32. The van der Waals surface area contributed by atoms with Crippen LogP contribution in [0.15, 0.2) is 24.3 Å². The number of benzene rings is 1. The Bertz CT molecular complexity index is 558. The van der Waals surface area contributed by atoms with Gasteiger partial charge in [-0.25, -0.2) is 4.98 Å². The van der Waals surface area contributed by atoms with Gasteiger partial charge < -0.3 is 11.1 Å². The largest absolute Gasteiger partial charge is 0.356 e. The van der Waals surface area contributed by atoms with Crippen molar-refractivity contribution in [3.05, 3.63) is 29.3 Å². The van der Waals surface area contributed by atoms with E-state index >= 15 is 0 Å². The fourth-order valence-electron chi connectivity index (χ4n) is 2.05. The van der Waals surface area contributed by atoms with Gasteiger partial charge in [0.1, 0.15) is 0 Å². The molecule has 0 radical (unpaired) electrons. The van der Waals surface area contributed by atoms with E-state index in [1.807, 2.05) is 25.1 Å². The summed E-state index contributed by atoms with van der Waals surface area (Å²) >= 11 is 1.75. The van der Waals surface area contributed by atoms with Crippen molar-refractivity contribution < 1.29 is 4.79 Å². The topological polar surface area (TPSA) is 68.0 Å². The van der Waals surface area contributed by atoms with Crippen LogP contribution in [0.25, 0.3) is 10.2 Å². The van der Waals surface area contributed by atoms with Gasteiger partial charge in [-0.15, -0.1) is 36.2 Å². The van der Waals surface area contributed by atoms with Crippen molar-refractivity contribution in [2.45, 2.75) is 32.6 Å². The van der Waals surface area contributed by atoms with E-state index in [1.165, 1.54) is 4.70 Å². The predicted molar refractivity (Wildman–Crippen MR) is 103 cm³/mol. The van der Waals surface area contributed by atoms with Crippen LogP contribution in [0.3, 0.4) is 0 Å². The number of hydrogen-bond donors (Lipinski definition) is 2. The molecule has 1 aromatic heterocycles. The monoisotopic (exact) mass is 377 g/mol. The van der Waals surface area contributed by atoms with Crippen molar-refractivity contribution in [3.8, 4) is 0 Å². The Kier molecular flexibility index (Phi) is 11.2. The quantitative estimate of drug-likeness (QED) is 0.690. The number of aromatic nitrogens is 1. The van der Waals surface area contributed by atoms with Gasteiger partial charge in [-0.1, -0.05) is 19.1 Å². The lowest BCUT2D eigenvalue weighted by molar-refractivity contribution is -0.121. The van der Waals surface area contributed by atoms with Crippen LogP contribution >= 0.6 is 36.2 Å². The molecule has 2 rings (SSSR count). The standard InChI is InChI=1S/C16H23N3OS.2ClH/c1-12(10-17)11-18-15(20)8-4-5-9-16-19-13-6-2-3-7-14(13)21-16;;/h2-3,6-7,12H,4-5,8-11,17H2,1H3,(H,18,20);2*1H. The molecule has 1 atom stereocenters. The Morgan fingerprint density at radius 2 is 2.04 bits per heavy atom. The normalized spacial score (nSPS) is 11.4. The molecule has 0 spiro atoms. The lowest BCUT2D eigenvalue weighted by Crippen LogP contribution is -2.31. The molecule has 0 bridgehead atoms. The summed E-state index contributed by atoms with van der Waals surface area (Å²) in [5.74, 6) is 0.469. The lowest BCUT2D eigenvalue weighted by Gasteiger charge is -2.09. The number of nitrogens with two attached hydrogens (primary N) is 1. The first kappa shape index (κ1) is 22.1. The lowest BCUT2D eigenvalue weighted by atomic mass is 10.1. The van der Waals surface area contributed by atoms with Crippen LogP contribution in [0.4, 0.5) is 0 Å². The second-order valence-electron chi connectivity index (χ2n) is 5.43. The molecule has 1 aromatic carbocycles. The molecule has 7 heteroatoms. The summed E-state index contributed by atoms with van der Waals surface area (Å²) in [7, 11) is 0. The Labute approximate surface area is 154 Å². The van der Waals surface area contributed by atoms with E-state index in [4.69, 9.17) is 5.73 Å². The highest BCUT2D eigenvalue weighted by molar-refractivity contribution is 7.18. The molecule has 0 fully saturated rings. The SMILES string of the molecule is CC(CN)CNC(=O)CCCCc1nc2ccccc2s1.Cl.Cl. The second-order valence-corrected chi connectivity index (χ2v) is 6.54. The van der Waals surface area contributed by atoms with E-state index in [-0.39, 0.29) is 30.7 Å². The summed E-state index contributed by atoms with van der Waals surface area (Å²) in [6, 6.07) is 8.19. The molecular weight excluding hydrogens is 353 g/mol. The molecule has 0 aliphatic rings. The number of unbranched alkanes of at least 4 members (excludes halogenated alkanes) is 1. The zero-order chi connectivity index (χ0) is 15.1. The molecule has 1 unspecified atom stereocenters. The van der Waals surface area contributed by atoms with E-state index < -0.39 is 0 Å². The molecule has 0 aliphatic heterocycles. The van der Waals surface area contributed by atoms with Crippen LogP contribution in [0.2, 0.25) is 0 Å². The van der Waals surface area contributed by atoms with Gasteiger partial charge in [0.15, 0.2) is 0 Å². The van der Waals surface area contributed by atoms with E-state index in [9.17, 15) is 4.79 Å². The first-order chi connectivity index (χ1) is 10.2. The van der Waals surface area contributed by atoms with E-state index in [0.29, 0.717) is 25.4 Å². The van der Waals surface area contributed by atoms with Crippen molar-refractivity contribution in [1.82, 2.24) is 10.3 Å². The maximum atomic E-state index is 11.7. The van der Waals surface area contributed by atoms with Gasteiger partial charge in [0, 0.05) is 13.0 Å². The molecule has 0 aliphatic carbocycles. The third-order valence-electron chi connectivity index (χ3n) is 3.43. The number of fused-ring (bicyclic) bond motifs is 1. The van der Waals surface area contributed by atoms with E-state index in [0.717, 1.165) is 29.8 Å². The van der Waals surface area contributed by atoms with Crippen LogP contribution < -0.4 is 11.1 Å². The van der Waals surface area contributed by atoms with Gasteiger partial charge in [-0.05, 0) is 43.9 Å². The van der Waals surface area contributed by atoms with Crippen molar-refractivity contribution >= 4 is 52.3 Å². The fourth-order valence-corrected chi connectivity index (χ4v) is 3.06. The van der Waals surface area contributed by atoms with Crippen LogP contribution in [-0.4, -0.2) is 24.0 Å². The number of aryl methyl sites for hydroxylation is 1. The minimum absolute atomic E-state index is 0. The van der Waals surface area contributed by atoms with E-state index in [2.05, 4.69) is 16.4 Å². The zero-order valence-electron chi connectivity index (χ0n) is 13.3. The molecule has 1 amide bonds. The average molecular weight is 378 g/mol. The van der Waals surface area contributed by atoms with Gasteiger partial charge in [-0.3, -0.25) is 4.79 Å². The number of nitrogens with one attached hydrogen (secondary N) is 1. The molecule has 2 aromatic rings.